The third-order valence-electron chi connectivity index (χ3n) is 4.76. The highest BCUT2D eigenvalue weighted by Gasteiger charge is 2.13. The van der Waals surface area contributed by atoms with Crippen molar-refractivity contribution in [2.24, 2.45) is 0 Å². The minimum Gasteiger partial charge on any atom is -0.354 e. The molecule has 0 saturated carbocycles. The van der Waals surface area contributed by atoms with Crippen LogP contribution in [0.4, 0.5) is 0 Å². The van der Waals surface area contributed by atoms with E-state index in [1.54, 1.807) is 22.7 Å². The highest BCUT2D eigenvalue weighted by molar-refractivity contribution is 9.11. The highest BCUT2D eigenvalue weighted by Crippen LogP contribution is 2.31. The van der Waals surface area contributed by atoms with Crippen molar-refractivity contribution >= 4 is 70.5 Å². The lowest BCUT2D eigenvalue weighted by molar-refractivity contribution is 0.766. The third kappa shape index (κ3) is 8.24. The average Bonchev–Trinajstić information content (AvgIpc) is 3.47. The fourth-order valence-corrected chi connectivity index (χ4v) is 5.90. The number of aromatic nitrogens is 4. The Morgan fingerprint density at radius 3 is 1.69 bits per heavy atom. The highest BCUT2D eigenvalue weighted by atomic mass is 79.9. The molecule has 0 atom stereocenters. The first-order valence-electron chi connectivity index (χ1n) is 9.83. The van der Waals surface area contributed by atoms with Gasteiger partial charge in [-0.05, 0) is 112 Å². The Morgan fingerprint density at radius 2 is 1.34 bits per heavy atom. The van der Waals surface area contributed by atoms with Crippen molar-refractivity contribution in [3.05, 3.63) is 64.7 Å². The zero-order valence-corrected chi connectivity index (χ0v) is 24.9. The van der Waals surface area contributed by atoms with Crippen LogP contribution >= 0.6 is 70.5 Å². The minimum absolute atomic E-state index is 0. The average molecular weight is 667 g/mol. The number of aryl methyl sites for hydroxylation is 5. The molecule has 0 aliphatic rings. The molecule has 4 aromatic heterocycles. The van der Waals surface area contributed by atoms with Crippen LogP contribution in [0.1, 0.15) is 43.5 Å². The molecule has 0 aromatic carbocycles. The van der Waals surface area contributed by atoms with Crippen LogP contribution in [-0.2, 0) is 13.1 Å². The van der Waals surface area contributed by atoms with Gasteiger partial charge in [0, 0.05) is 42.4 Å². The van der Waals surface area contributed by atoms with E-state index in [0.717, 1.165) is 31.2 Å². The molecule has 4 aromatic rings. The van der Waals surface area contributed by atoms with Gasteiger partial charge in [-0.1, -0.05) is 7.43 Å². The molecule has 32 heavy (non-hydrogen) atoms. The molecule has 9 heteroatoms. The number of nitrogens with zero attached hydrogens (tertiary/aromatic N) is 4. The number of thiazole rings is 2. The first-order chi connectivity index (χ1) is 14.7. The van der Waals surface area contributed by atoms with Crippen molar-refractivity contribution in [2.75, 3.05) is 0 Å². The molecule has 0 N–H and O–H groups in total. The van der Waals surface area contributed by atoms with Crippen LogP contribution < -0.4 is 0 Å². The number of hydrogen-bond donors (Lipinski definition) is 0. The predicted octanol–water partition coefficient (Wildman–Crippen LogP) is 9.44. The molecule has 0 amide bonds. The molecule has 0 bridgehead atoms. The molecule has 176 valence electrons. The lowest BCUT2D eigenvalue weighted by Crippen LogP contribution is -1.95. The molecular formula is C23H31Br3N4S2. The number of hydrogen-bond acceptors (Lipinski definition) is 4. The summed E-state index contributed by atoms with van der Waals surface area (Å²) in [6.07, 6.45) is 6.55. The van der Waals surface area contributed by atoms with Crippen LogP contribution in [0.5, 0.6) is 0 Å². The number of halogens is 3. The number of rotatable bonds is 3. The van der Waals surface area contributed by atoms with Crippen LogP contribution in [0.2, 0.25) is 0 Å². The lowest BCUT2D eigenvalue weighted by atomic mass is 10.2. The summed E-state index contributed by atoms with van der Waals surface area (Å²) in [4.78, 5) is 8.44. The summed E-state index contributed by atoms with van der Waals surface area (Å²) >= 11 is 13.1. The molecule has 4 heterocycles. The molecule has 0 unspecified atom stereocenters. The summed E-state index contributed by atoms with van der Waals surface area (Å²) in [6.45, 7) is 15.0. The van der Waals surface area contributed by atoms with Crippen molar-refractivity contribution in [2.45, 2.75) is 62.1 Å². The van der Waals surface area contributed by atoms with Gasteiger partial charge < -0.3 is 9.13 Å². The van der Waals surface area contributed by atoms with E-state index in [-0.39, 0.29) is 7.43 Å². The quantitative estimate of drug-likeness (QED) is 0.218. The topological polar surface area (TPSA) is 35.6 Å². The third-order valence-corrected chi connectivity index (χ3v) is 8.39. The van der Waals surface area contributed by atoms with Gasteiger partial charge in [-0.25, -0.2) is 9.97 Å². The predicted molar refractivity (Wildman–Crippen MR) is 152 cm³/mol. The summed E-state index contributed by atoms with van der Waals surface area (Å²) in [7, 11) is 0. The summed E-state index contributed by atoms with van der Waals surface area (Å²) in [6, 6.07) is 0. The molecule has 0 aliphatic carbocycles. The van der Waals surface area contributed by atoms with Gasteiger partial charge in [0.1, 0.15) is 14.2 Å². The first-order valence-corrected chi connectivity index (χ1v) is 14.0. The summed E-state index contributed by atoms with van der Waals surface area (Å²) in [5.74, 6) is 0. The standard InChI is InChI=1S/C11H13BrN2S.C8H13N.C3HBr2NS.CH4/c1-4-14-5-7(2)8(3)10(14)11-13-9(12)6-15-11;1-4-9-5-7(2)8(3)6-9;4-2-1-7-3(5)6-2;/h5-6H,4H2,1-3H3;5-6H,4H2,1-3H3;1H;1H4. The fourth-order valence-electron chi connectivity index (χ4n) is 2.85. The summed E-state index contributed by atoms with van der Waals surface area (Å²) in [5, 5.41) is 5.04. The van der Waals surface area contributed by atoms with E-state index >= 15 is 0 Å². The van der Waals surface area contributed by atoms with E-state index in [2.05, 4.69) is 127 Å². The van der Waals surface area contributed by atoms with Gasteiger partial charge in [-0.15, -0.1) is 22.7 Å². The fraction of sp³-hybridized carbons (Fsp3) is 0.391. The first kappa shape index (κ1) is 29.3. The SMILES string of the molecule is Brc1csc(Br)n1.C.CCn1cc(C)c(C)c1.CCn1cc(C)c(C)c1-c1nc(Br)cs1. The van der Waals surface area contributed by atoms with E-state index in [1.165, 1.54) is 27.9 Å². The van der Waals surface area contributed by atoms with Gasteiger partial charge >= 0.3 is 0 Å². The van der Waals surface area contributed by atoms with Crippen LogP contribution in [0.25, 0.3) is 10.7 Å². The molecule has 4 nitrogen and oxygen atoms in total. The van der Waals surface area contributed by atoms with Gasteiger partial charge in [0.15, 0.2) is 3.92 Å². The normalized spacial score (nSPS) is 10.0. The molecule has 0 aliphatic heterocycles. The zero-order chi connectivity index (χ0) is 23.1. The van der Waals surface area contributed by atoms with Crippen LogP contribution in [-0.4, -0.2) is 19.1 Å². The van der Waals surface area contributed by atoms with Gasteiger partial charge in [-0.3, -0.25) is 0 Å². The molecule has 0 saturated heterocycles. The second kappa shape index (κ2) is 13.8. The maximum Gasteiger partial charge on any atom is 0.160 e. The van der Waals surface area contributed by atoms with Crippen LogP contribution in [0, 0.1) is 27.7 Å². The Balaban J connectivity index is 0.000000258. The van der Waals surface area contributed by atoms with E-state index in [9.17, 15) is 0 Å². The summed E-state index contributed by atoms with van der Waals surface area (Å²) in [5.41, 5.74) is 6.69. The van der Waals surface area contributed by atoms with Gasteiger partial charge in [0.2, 0.25) is 0 Å². The Hall–Kier alpha value is -0.740. The van der Waals surface area contributed by atoms with Crippen molar-refractivity contribution < 1.29 is 0 Å². The Labute approximate surface area is 225 Å². The Morgan fingerprint density at radius 1 is 0.781 bits per heavy atom. The molecule has 4 rings (SSSR count). The second-order valence-corrected chi connectivity index (χ2v) is 11.5. The van der Waals surface area contributed by atoms with E-state index in [1.807, 2.05) is 10.8 Å². The molecule has 0 fully saturated rings. The van der Waals surface area contributed by atoms with E-state index < -0.39 is 0 Å². The lowest BCUT2D eigenvalue weighted by Gasteiger charge is -2.04. The monoisotopic (exact) mass is 664 g/mol. The van der Waals surface area contributed by atoms with Crippen molar-refractivity contribution in [3.8, 4) is 10.7 Å². The van der Waals surface area contributed by atoms with Crippen LogP contribution in [0.15, 0.2) is 42.5 Å². The van der Waals surface area contributed by atoms with Gasteiger partial charge in [0.25, 0.3) is 0 Å². The zero-order valence-electron chi connectivity index (χ0n) is 18.5. The maximum absolute atomic E-state index is 4.48. The largest absolute Gasteiger partial charge is 0.354 e. The van der Waals surface area contributed by atoms with Gasteiger partial charge in [-0.2, -0.15) is 0 Å². The van der Waals surface area contributed by atoms with Crippen LogP contribution in [0.3, 0.4) is 0 Å². The van der Waals surface area contributed by atoms with Crippen molar-refractivity contribution in [1.29, 1.82) is 0 Å². The van der Waals surface area contributed by atoms with Crippen molar-refractivity contribution in [3.63, 3.8) is 0 Å². The minimum atomic E-state index is 0. The van der Waals surface area contributed by atoms with Crippen molar-refractivity contribution in [1.82, 2.24) is 19.1 Å². The molecular weight excluding hydrogens is 636 g/mol. The van der Waals surface area contributed by atoms with Gasteiger partial charge in [0.05, 0.1) is 5.69 Å². The molecule has 0 radical (unpaired) electrons. The maximum atomic E-state index is 4.48. The van der Waals surface area contributed by atoms with E-state index in [0.29, 0.717) is 0 Å². The Bertz CT molecular complexity index is 1070. The molecule has 0 spiro atoms. The smallest absolute Gasteiger partial charge is 0.160 e. The Kier molecular flexibility index (Phi) is 12.7. The second-order valence-electron chi connectivity index (χ2n) is 6.92. The van der Waals surface area contributed by atoms with E-state index in [4.69, 9.17) is 0 Å². The summed E-state index contributed by atoms with van der Waals surface area (Å²) < 4.78 is 7.19.